The van der Waals surface area contributed by atoms with Crippen LogP contribution in [0.15, 0.2) is 60.8 Å². The zero-order valence-electron chi connectivity index (χ0n) is 12.8. The number of quaternary nitrogens is 1. The summed E-state index contributed by atoms with van der Waals surface area (Å²) >= 11 is 0. The summed E-state index contributed by atoms with van der Waals surface area (Å²) in [4.78, 5) is 7.57. The minimum absolute atomic E-state index is 1.12. The molecule has 22 heavy (non-hydrogen) atoms. The molecule has 0 unspecified atom stereocenters. The first-order valence-corrected chi connectivity index (χ1v) is 8.09. The molecule has 0 aliphatic carbocycles. The van der Waals surface area contributed by atoms with Crippen molar-refractivity contribution in [3.05, 3.63) is 66.4 Å². The Bertz CT molecular complexity index is 739. The van der Waals surface area contributed by atoms with E-state index in [1.807, 2.05) is 0 Å². The van der Waals surface area contributed by atoms with Gasteiger partial charge < -0.3 is 14.8 Å². The number of benzene rings is 2. The number of fused-ring (bicyclic) bond motifs is 1. The quantitative estimate of drug-likeness (QED) is 0.758. The Morgan fingerprint density at radius 1 is 0.909 bits per heavy atom. The van der Waals surface area contributed by atoms with Gasteiger partial charge in [0.15, 0.2) is 0 Å². The monoisotopic (exact) mass is 292 g/mol. The van der Waals surface area contributed by atoms with E-state index in [0.717, 1.165) is 19.6 Å². The van der Waals surface area contributed by atoms with Crippen molar-refractivity contribution in [2.24, 2.45) is 0 Å². The topological polar surface area (TPSA) is 23.5 Å². The Labute approximate surface area is 131 Å². The highest BCUT2D eigenvalue weighted by Gasteiger charge is 2.21. The van der Waals surface area contributed by atoms with Crippen molar-refractivity contribution in [2.45, 2.75) is 6.54 Å². The molecule has 0 atom stereocenters. The van der Waals surface area contributed by atoms with E-state index in [-0.39, 0.29) is 0 Å². The molecule has 2 aromatic carbocycles. The van der Waals surface area contributed by atoms with Crippen LogP contribution in [0.3, 0.4) is 0 Å². The van der Waals surface area contributed by atoms with Gasteiger partial charge in [-0.15, -0.1) is 0 Å². The van der Waals surface area contributed by atoms with Crippen LogP contribution in [-0.4, -0.2) is 31.2 Å². The second kappa shape index (κ2) is 5.85. The van der Waals surface area contributed by atoms with Crippen LogP contribution in [0.4, 0.5) is 5.69 Å². The Morgan fingerprint density at radius 2 is 1.64 bits per heavy atom. The molecule has 0 bridgehead atoms. The lowest BCUT2D eigenvalue weighted by Crippen LogP contribution is -3.13. The lowest BCUT2D eigenvalue weighted by molar-refractivity contribution is -0.914. The van der Waals surface area contributed by atoms with Crippen LogP contribution >= 0.6 is 0 Å². The number of nitrogens with zero attached hydrogens (tertiary/aromatic N) is 1. The number of anilines is 1. The highest BCUT2D eigenvalue weighted by Crippen LogP contribution is 2.17. The van der Waals surface area contributed by atoms with Crippen LogP contribution in [0.5, 0.6) is 0 Å². The summed E-state index contributed by atoms with van der Waals surface area (Å²) in [6.45, 7) is 5.80. The third-order valence-corrected chi connectivity index (χ3v) is 4.71. The molecular weight excluding hydrogens is 270 g/mol. The Hall–Kier alpha value is -2.26. The summed E-state index contributed by atoms with van der Waals surface area (Å²) in [5.41, 5.74) is 4.05. The van der Waals surface area contributed by atoms with Crippen LogP contribution < -0.4 is 9.80 Å². The summed E-state index contributed by atoms with van der Waals surface area (Å²) in [6, 6.07) is 19.4. The van der Waals surface area contributed by atoms with Gasteiger partial charge in [0.1, 0.15) is 6.54 Å². The fourth-order valence-electron chi connectivity index (χ4n) is 3.44. The molecule has 1 aliphatic rings. The largest absolute Gasteiger partial charge is 0.361 e. The van der Waals surface area contributed by atoms with E-state index in [1.54, 1.807) is 4.90 Å². The van der Waals surface area contributed by atoms with Gasteiger partial charge in [0.05, 0.1) is 26.2 Å². The average Bonchev–Trinajstić information content (AvgIpc) is 3.00. The van der Waals surface area contributed by atoms with E-state index in [9.17, 15) is 0 Å². The van der Waals surface area contributed by atoms with Crippen LogP contribution in [0.25, 0.3) is 10.9 Å². The predicted octanol–water partition coefficient (Wildman–Crippen LogP) is 2.07. The van der Waals surface area contributed by atoms with Gasteiger partial charge >= 0.3 is 0 Å². The molecule has 2 N–H and O–H groups in total. The van der Waals surface area contributed by atoms with Gasteiger partial charge in [0, 0.05) is 28.4 Å². The van der Waals surface area contributed by atoms with Crippen molar-refractivity contribution in [3.8, 4) is 0 Å². The van der Waals surface area contributed by atoms with Gasteiger partial charge in [0.25, 0.3) is 0 Å². The molecule has 1 aromatic heterocycles. The Kier molecular flexibility index (Phi) is 3.57. The summed E-state index contributed by atoms with van der Waals surface area (Å²) in [7, 11) is 0. The number of nitrogens with one attached hydrogen (secondary N) is 2. The molecule has 0 radical (unpaired) electrons. The van der Waals surface area contributed by atoms with E-state index >= 15 is 0 Å². The molecule has 0 amide bonds. The number of H-pyrrole nitrogens is 1. The lowest BCUT2D eigenvalue weighted by Gasteiger charge is -2.33. The number of aromatic nitrogens is 1. The first-order chi connectivity index (χ1) is 10.9. The van der Waals surface area contributed by atoms with E-state index < -0.39 is 0 Å². The molecule has 1 aliphatic heterocycles. The summed E-state index contributed by atoms with van der Waals surface area (Å²) in [5, 5.41) is 1.38. The molecule has 112 valence electrons. The number of aromatic amines is 1. The van der Waals surface area contributed by atoms with Crippen molar-refractivity contribution in [2.75, 3.05) is 31.1 Å². The molecule has 1 saturated heterocycles. The zero-order chi connectivity index (χ0) is 14.8. The predicted molar refractivity (Wildman–Crippen MR) is 91.4 cm³/mol. The average molecular weight is 292 g/mol. The van der Waals surface area contributed by atoms with Crippen molar-refractivity contribution < 1.29 is 4.90 Å². The minimum Gasteiger partial charge on any atom is -0.361 e. The molecule has 0 saturated carbocycles. The van der Waals surface area contributed by atoms with Gasteiger partial charge in [-0.25, -0.2) is 0 Å². The highest BCUT2D eigenvalue weighted by atomic mass is 15.3. The maximum absolute atomic E-state index is 3.39. The number of piperazine rings is 1. The molecule has 0 spiro atoms. The standard InChI is InChI=1S/C19H21N3/c1-2-6-17(7-3-1)22-12-10-21(11-13-22)15-16-14-20-19-9-5-4-8-18(16)19/h1-9,14,20H,10-13,15H2/p+1. The number of hydrogen-bond acceptors (Lipinski definition) is 1. The van der Waals surface area contributed by atoms with Crippen LogP contribution in [0.2, 0.25) is 0 Å². The fourth-order valence-corrected chi connectivity index (χ4v) is 3.44. The minimum atomic E-state index is 1.12. The second-order valence-electron chi connectivity index (χ2n) is 6.11. The maximum atomic E-state index is 3.39. The first-order valence-electron chi connectivity index (χ1n) is 8.09. The normalized spacial score (nSPS) is 16.3. The Balaban J connectivity index is 1.42. The van der Waals surface area contributed by atoms with Gasteiger partial charge in [-0.1, -0.05) is 36.4 Å². The fraction of sp³-hybridized carbons (Fsp3) is 0.263. The smallest absolute Gasteiger partial charge is 0.105 e. The first kappa shape index (κ1) is 13.4. The third kappa shape index (κ3) is 2.60. The van der Waals surface area contributed by atoms with Crippen molar-refractivity contribution >= 4 is 16.6 Å². The lowest BCUT2D eigenvalue weighted by atomic mass is 10.1. The van der Waals surface area contributed by atoms with Gasteiger partial charge in [-0.2, -0.15) is 0 Å². The summed E-state index contributed by atoms with van der Waals surface area (Å²) < 4.78 is 0. The van der Waals surface area contributed by atoms with Crippen LogP contribution in [-0.2, 0) is 6.54 Å². The van der Waals surface area contributed by atoms with Gasteiger partial charge in [-0.05, 0) is 18.2 Å². The molecule has 3 aromatic rings. The molecular formula is C19H22N3+. The van der Waals surface area contributed by atoms with Gasteiger partial charge in [-0.3, -0.25) is 0 Å². The SMILES string of the molecule is c1ccc(N2CC[NH+](Cc3c[nH]c4ccccc34)CC2)cc1. The van der Waals surface area contributed by atoms with Crippen LogP contribution in [0, 0.1) is 0 Å². The van der Waals surface area contributed by atoms with Crippen molar-refractivity contribution in [1.82, 2.24) is 4.98 Å². The van der Waals surface area contributed by atoms with Crippen molar-refractivity contribution in [3.63, 3.8) is 0 Å². The zero-order valence-corrected chi connectivity index (χ0v) is 12.8. The molecule has 3 nitrogen and oxygen atoms in total. The Morgan fingerprint density at radius 3 is 2.45 bits per heavy atom. The molecule has 1 fully saturated rings. The number of rotatable bonds is 3. The molecule has 2 heterocycles. The molecule has 4 rings (SSSR count). The third-order valence-electron chi connectivity index (χ3n) is 4.71. The van der Waals surface area contributed by atoms with E-state index in [0.29, 0.717) is 0 Å². The summed E-state index contributed by atoms with van der Waals surface area (Å²) in [6.07, 6.45) is 2.18. The van der Waals surface area contributed by atoms with Crippen molar-refractivity contribution in [1.29, 1.82) is 0 Å². The second-order valence-corrected chi connectivity index (χ2v) is 6.11. The van der Waals surface area contributed by atoms with Gasteiger partial charge in [0.2, 0.25) is 0 Å². The number of hydrogen-bond donors (Lipinski definition) is 2. The van der Waals surface area contributed by atoms with E-state index in [4.69, 9.17) is 0 Å². The summed E-state index contributed by atoms with van der Waals surface area (Å²) in [5.74, 6) is 0. The van der Waals surface area contributed by atoms with Crippen LogP contribution in [0.1, 0.15) is 5.56 Å². The molecule has 3 heteroatoms. The number of para-hydroxylation sites is 2. The van der Waals surface area contributed by atoms with E-state index in [2.05, 4.69) is 70.7 Å². The van der Waals surface area contributed by atoms with E-state index in [1.165, 1.54) is 35.2 Å². The highest BCUT2D eigenvalue weighted by molar-refractivity contribution is 5.82. The maximum Gasteiger partial charge on any atom is 0.105 e.